The molecule has 0 aliphatic heterocycles. The number of hydrogen-bond acceptors (Lipinski definition) is 3. The molecule has 0 unspecified atom stereocenters. The van der Waals surface area contributed by atoms with Crippen LogP contribution in [-0.2, 0) is 23.9 Å². The molecule has 5 nitrogen and oxygen atoms in total. The summed E-state index contributed by atoms with van der Waals surface area (Å²) in [7, 11) is 0. The molecule has 30 heavy (non-hydrogen) atoms. The van der Waals surface area contributed by atoms with Crippen LogP contribution in [0.3, 0.4) is 0 Å². The number of halogens is 1. The monoisotopic (exact) mass is 475 g/mol. The highest BCUT2D eigenvalue weighted by atomic mass is 79.9. The first-order valence-corrected chi connectivity index (χ1v) is 11.4. The average molecular weight is 476 g/mol. The van der Waals surface area contributed by atoms with Crippen molar-refractivity contribution in [2.24, 2.45) is 9.94 Å². The van der Waals surface area contributed by atoms with Gasteiger partial charge in [-0.1, -0.05) is 54.4 Å². The summed E-state index contributed by atoms with van der Waals surface area (Å²) in [5.41, 5.74) is 2.44. The van der Waals surface area contributed by atoms with E-state index in [1.807, 2.05) is 29.1 Å². The second-order valence-corrected chi connectivity index (χ2v) is 10.9. The van der Waals surface area contributed by atoms with Gasteiger partial charge in [-0.15, -0.1) is 0 Å². The predicted molar refractivity (Wildman–Crippen MR) is 124 cm³/mol. The molecule has 1 N–H and O–H groups in total. The molecule has 3 rings (SSSR count). The molecule has 164 valence electrons. The number of aromatic hydroxyl groups is 1. The van der Waals surface area contributed by atoms with Crippen molar-refractivity contribution >= 4 is 21.9 Å². The van der Waals surface area contributed by atoms with Crippen molar-refractivity contribution in [3.05, 3.63) is 46.8 Å². The van der Waals surface area contributed by atoms with Gasteiger partial charge in [0.25, 0.3) is 0 Å². The van der Waals surface area contributed by atoms with E-state index in [1.165, 1.54) is 12.8 Å². The minimum Gasteiger partial charge on any atom is -0.507 e. The van der Waals surface area contributed by atoms with E-state index in [2.05, 4.69) is 66.3 Å². The first-order chi connectivity index (χ1) is 13.9. The van der Waals surface area contributed by atoms with Crippen LogP contribution < -0.4 is 5.62 Å². The average Bonchev–Trinajstić information content (AvgIpc) is 3.38. The lowest BCUT2D eigenvalue weighted by Crippen LogP contribution is -2.28. The summed E-state index contributed by atoms with van der Waals surface area (Å²) >= 11 is 3.23. The van der Waals surface area contributed by atoms with Gasteiger partial charge in [-0.05, 0) is 35.3 Å². The van der Waals surface area contributed by atoms with E-state index in [0.29, 0.717) is 11.3 Å². The van der Waals surface area contributed by atoms with E-state index < -0.39 is 0 Å². The first kappa shape index (κ1) is 22.9. The normalized spacial score (nSPS) is 15.6. The van der Waals surface area contributed by atoms with Gasteiger partial charge in [0.15, 0.2) is 5.78 Å². The van der Waals surface area contributed by atoms with Crippen molar-refractivity contribution in [1.29, 1.82) is 0 Å². The molecule has 1 aliphatic rings. The number of imidazole rings is 1. The molecule has 1 aromatic carbocycles. The summed E-state index contributed by atoms with van der Waals surface area (Å²) in [5, 5.41) is 10.9. The van der Waals surface area contributed by atoms with Crippen LogP contribution >= 0.6 is 16.1 Å². The number of Topliss-reactive ketones (excluding diaryl/α,β-unsaturated/α-hetero) is 1. The lowest BCUT2D eigenvalue weighted by molar-refractivity contribution is 0.0970. The highest BCUT2D eigenvalue weighted by Crippen LogP contribution is 2.40. The zero-order valence-corrected chi connectivity index (χ0v) is 20.6. The molecule has 1 aliphatic carbocycles. The van der Waals surface area contributed by atoms with Gasteiger partial charge in [-0.2, -0.15) is 4.02 Å². The Morgan fingerprint density at radius 3 is 2.07 bits per heavy atom. The molecular weight excluding hydrogens is 442 g/mol. The van der Waals surface area contributed by atoms with Crippen molar-refractivity contribution in [2.45, 2.75) is 84.7 Å². The summed E-state index contributed by atoms with van der Waals surface area (Å²) in [4.78, 5) is 13.3. The number of carbonyl (C=O) groups excluding carboxylic acids is 1. The van der Waals surface area contributed by atoms with Gasteiger partial charge in [-0.3, -0.25) is 4.79 Å². The predicted octanol–water partition coefficient (Wildman–Crippen LogP) is 5.48. The lowest BCUT2D eigenvalue weighted by Gasteiger charge is -2.28. The second-order valence-electron chi connectivity index (χ2n) is 10.6. The van der Waals surface area contributed by atoms with Gasteiger partial charge in [-0.25, -0.2) is 0 Å². The fourth-order valence-electron chi connectivity index (χ4n) is 3.77. The Morgan fingerprint density at radius 2 is 1.60 bits per heavy atom. The van der Waals surface area contributed by atoms with Crippen LogP contribution in [0.1, 0.15) is 82.3 Å². The fraction of sp³-hybridized carbons (Fsp3) is 0.583. The standard InChI is InChI=1S/C24H34BrN3O2/c1-23(2,3)18-13-17(14-19(21(18)30)24(4,5)6)20(29)15-28-12-11-27(22(28)26-25)10-9-16-7-8-16/h11-14,16,30H,7-10,15H2,1-6H3. The van der Waals surface area contributed by atoms with E-state index in [4.69, 9.17) is 0 Å². The maximum Gasteiger partial charge on any atom is 0.217 e. The molecule has 2 aromatic rings. The Morgan fingerprint density at radius 1 is 1.07 bits per heavy atom. The van der Waals surface area contributed by atoms with Crippen LogP contribution in [0.2, 0.25) is 0 Å². The third-order valence-electron chi connectivity index (χ3n) is 5.85. The van der Waals surface area contributed by atoms with E-state index in [-0.39, 0.29) is 23.2 Å². The van der Waals surface area contributed by atoms with Gasteiger partial charge in [0, 0.05) is 35.6 Å². The molecule has 0 radical (unpaired) electrons. The van der Waals surface area contributed by atoms with E-state index in [1.54, 1.807) is 0 Å². The van der Waals surface area contributed by atoms with Gasteiger partial charge in [0.2, 0.25) is 5.62 Å². The fourth-order valence-corrected chi connectivity index (χ4v) is 4.17. The molecule has 1 fully saturated rings. The Bertz CT molecular complexity index is 964. The number of rotatable bonds is 6. The van der Waals surface area contributed by atoms with E-state index >= 15 is 0 Å². The summed E-state index contributed by atoms with van der Waals surface area (Å²) in [6.07, 6.45) is 7.72. The molecule has 0 atom stereocenters. The number of phenols is 1. The first-order valence-electron chi connectivity index (χ1n) is 10.7. The second kappa shape index (κ2) is 8.37. The Labute approximate surface area is 188 Å². The van der Waals surface area contributed by atoms with Crippen LogP contribution in [0.4, 0.5) is 0 Å². The van der Waals surface area contributed by atoms with Crippen LogP contribution in [0.25, 0.3) is 0 Å². The number of benzene rings is 1. The molecule has 1 heterocycles. The minimum atomic E-state index is -0.268. The lowest BCUT2D eigenvalue weighted by atomic mass is 9.78. The molecule has 0 bridgehead atoms. The topological polar surface area (TPSA) is 59.5 Å². The number of nitrogens with zero attached hydrogens (tertiary/aromatic N) is 3. The summed E-state index contributed by atoms with van der Waals surface area (Å²) in [5.74, 6) is 1.14. The maximum atomic E-state index is 13.3. The molecular formula is C24H34BrN3O2. The molecule has 1 saturated carbocycles. The Balaban J connectivity index is 1.93. The summed E-state index contributed by atoms with van der Waals surface area (Å²) < 4.78 is 8.22. The van der Waals surface area contributed by atoms with E-state index in [0.717, 1.165) is 35.6 Å². The van der Waals surface area contributed by atoms with Crippen molar-refractivity contribution in [1.82, 2.24) is 9.13 Å². The van der Waals surface area contributed by atoms with E-state index in [9.17, 15) is 9.90 Å². The number of carbonyl (C=O) groups is 1. The minimum absolute atomic E-state index is 0.00772. The molecule has 0 spiro atoms. The molecule has 0 saturated heterocycles. The van der Waals surface area contributed by atoms with Crippen LogP contribution in [0.15, 0.2) is 28.5 Å². The van der Waals surface area contributed by atoms with Gasteiger partial charge in [0.05, 0.1) is 22.7 Å². The third kappa shape index (κ3) is 5.08. The van der Waals surface area contributed by atoms with Gasteiger partial charge < -0.3 is 14.2 Å². The number of ketones is 1. The summed E-state index contributed by atoms with van der Waals surface area (Å²) in [6, 6.07) is 3.70. The van der Waals surface area contributed by atoms with Crippen molar-refractivity contribution < 1.29 is 9.90 Å². The zero-order chi connectivity index (χ0) is 22.3. The maximum absolute atomic E-state index is 13.3. The Hall–Kier alpha value is -1.82. The molecule has 0 amide bonds. The largest absolute Gasteiger partial charge is 0.507 e. The smallest absolute Gasteiger partial charge is 0.217 e. The number of aryl methyl sites for hydroxylation is 1. The van der Waals surface area contributed by atoms with Crippen LogP contribution in [0, 0.1) is 5.92 Å². The number of phenolic OH excluding ortho intramolecular Hbond substituents is 1. The van der Waals surface area contributed by atoms with Crippen LogP contribution in [0.5, 0.6) is 5.75 Å². The number of hydrogen-bond donors (Lipinski definition) is 1. The highest BCUT2D eigenvalue weighted by Gasteiger charge is 2.28. The highest BCUT2D eigenvalue weighted by molar-refractivity contribution is 9.08. The number of aromatic nitrogens is 2. The van der Waals surface area contributed by atoms with Gasteiger partial charge in [0.1, 0.15) is 5.75 Å². The third-order valence-corrected chi connectivity index (χ3v) is 6.17. The SMILES string of the molecule is CC(C)(C)c1cc(C(=O)Cn2ccn(CCC3CC3)c2=NBr)cc(C(C)(C)C)c1O. The van der Waals surface area contributed by atoms with Gasteiger partial charge >= 0.3 is 0 Å². The van der Waals surface area contributed by atoms with Crippen molar-refractivity contribution in [3.8, 4) is 5.75 Å². The van der Waals surface area contributed by atoms with Crippen LogP contribution in [-0.4, -0.2) is 20.0 Å². The Kier molecular flexibility index (Phi) is 6.38. The zero-order valence-electron chi connectivity index (χ0n) is 19.0. The molecule has 6 heteroatoms. The van der Waals surface area contributed by atoms with Crippen molar-refractivity contribution in [2.75, 3.05) is 0 Å². The van der Waals surface area contributed by atoms with Crippen molar-refractivity contribution in [3.63, 3.8) is 0 Å². The quantitative estimate of drug-likeness (QED) is 0.561. The molecule has 1 aromatic heterocycles. The summed E-state index contributed by atoms with van der Waals surface area (Å²) in [6.45, 7) is 13.5.